The Kier molecular flexibility index (Phi) is 11.1. The van der Waals surface area contributed by atoms with E-state index in [-0.39, 0.29) is 29.8 Å². The van der Waals surface area contributed by atoms with Crippen molar-refractivity contribution >= 4 is 63.9 Å². The maximum atomic E-state index is 12.8. The molecule has 0 saturated carbocycles. The number of unbranched alkanes of at least 4 members (excludes halogenated alkanes) is 3. The minimum Gasteiger partial charge on any atom is -0.478 e. The zero-order valence-corrected chi connectivity index (χ0v) is 31.8. The number of carbonyl (C=O) groups excluding carboxylic acids is 3. The number of carboxylic acid groups (broad SMARTS) is 1. The number of aliphatic imine (C=N–C) groups is 1. The Morgan fingerprint density at radius 1 is 0.981 bits per heavy atom. The summed E-state index contributed by atoms with van der Waals surface area (Å²) in [5.41, 5.74) is 9.16. The smallest absolute Gasteiger partial charge is 0.337 e. The number of benzene rings is 2. The first-order valence-corrected chi connectivity index (χ1v) is 19.0. The Morgan fingerprint density at radius 2 is 1.71 bits per heavy atom. The molecule has 6 rings (SSSR count). The highest BCUT2D eigenvalue weighted by Gasteiger charge is 2.41. The van der Waals surface area contributed by atoms with Gasteiger partial charge in [-0.3, -0.25) is 14.6 Å². The molecule has 0 radical (unpaired) electrons. The fourth-order valence-electron chi connectivity index (χ4n) is 7.74. The van der Waals surface area contributed by atoms with Crippen molar-refractivity contribution in [2.24, 2.45) is 4.99 Å². The molecule has 0 spiro atoms. The van der Waals surface area contributed by atoms with Crippen molar-refractivity contribution < 1.29 is 29.1 Å². The summed E-state index contributed by atoms with van der Waals surface area (Å²) in [5, 5.41) is 11.5. The molecule has 2 aromatic carbocycles. The second-order valence-corrected chi connectivity index (χ2v) is 15.3. The highest BCUT2D eigenvalue weighted by Crippen LogP contribution is 2.54. The van der Waals surface area contributed by atoms with Crippen molar-refractivity contribution in [3.63, 3.8) is 0 Å². The average molecular weight is 747 g/mol. The van der Waals surface area contributed by atoms with Gasteiger partial charge in [0.25, 0.3) is 11.8 Å². The van der Waals surface area contributed by atoms with Gasteiger partial charge in [0.2, 0.25) is 0 Å². The zero-order valence-electron chi connectivity index (χ0n) is 30.2. The van der Waals surface area contributed by atoms with Crippen molar-refractivity contribution in [1.29, 1.82) is 0 Å². The van der Waals surface area contributed by atoms with Crippen molar-refractivity contribution in [2.45, 2.75) is 96.8 Å². The summed E-state index contributed by atoms with van der Waals surface area (Å²) in [5.74, 6) is -2.70. The molecule has 1 fully saturated rings. The van der Waals surface area contributed by atoms with E-state index in [1.807, 2.05) is 0 Å². The standard InChI is InChI=1S/C41H45Cl2N3O6/c1-5-6-11-24-20-26-28(22-32(24)44-18-9-7-8-13-36(49)52-46-34(47)16-17-35(46)48)41(2,3)29-23-33-25(12-10-19-45(33)4)21-27(29)37(26)38-30(42)14-15-31(43)39(38)40(50)51/h14-15,20-23H,5-13,16-19H2,1-4H3,(H,50,51)/b44-32+. The molecule has 11 heteroatoms. The molecule has 0 aromatic heterocycles. The predicted molar refractivity (Wildman–Crippen MR) is 204 cm³/mol. The van der Waals surface area contributed by atoms with Gasteiger partial charge in [0, 0.05) is 61.1 Å². The Bertz CT molecular complexity index is 1960. The lowest BCUT2D eigenvalue weighted by molar-refractivity contribution is -0.197. The van der Waals surface area contributed by atoms with Crippen LogP contribution >= 0.6 is 23.2 Å². The lowest BCUT2D eigenvalue weighted by Gasteiger charge is -2.42. The first-order chi connectivity index (χ1) is 24.8. The number of allylic oxidation sites excluding steroid dienone is 5. The number of halogens is 2. The molecule has 2 amide bonds. The first-order valence-electron chi connectivity index (χ1n) is 18.2. The first kappa shape index (κ1) is 37.5. The van der Waals surface area contributed by atoms with E-state index in [4.69, 9.17) is 33.0 Å². The molecule has 4 aliphatic rings. The normalized spacial score (nSPS) is 18.6. The molecule has 2 aromatic rings. The van der Waals surface area contributed by atoms with Gasteiger partial charge in [-0.05, 0) is 114 Å². The number of rotatable bonds is 12. The Labute approximate surface area is 315 Å². The minimum atomic E-state index is -1.13. The summed E-state index contributed by atoms with van der Waals surface area (Å²) in [6.45, 7) is 8.09. The molecule has 2 heterocycles. The van der Waals surface area contributed by atoms with Crippen LogP contribution in [0.15, 0.2) is 58.1 Å². The molecule has 9 nitrogen and oxygen atoms in total. The summed E-state index contributed by atoms with van der Waals surface area (Å²) < 4.78 is 0. The summed E-state index contributed by atoms with van der Waals surface area (Å²) in [6.07, 6.45) is 11.3. The van der Waals surface area contributed by atoms with Gasteiger partial charge in [-0.2, -0.15) is 0 Å². The molecule has 2 aliphatic heterocycles. The van der Waals surface area contributed by atoms with Gasteiger partial charge >= 0.3 is 11.9 Å². The van der Waals surface area contributed by atoms with Crippen molar-refractivity contribution in [3.05, 3.63) is 91.0 Å². The van der Waals surface area contributed by atoms with Crippen LogP contribution in [0.1, 0.15) is 118 Å². The van der Waals surface area contributed by atoms with Crippen molar-refractivity contribution in [2.75, 3.05) is 25.0 Å². The zero-order chi connectivity index (χ0) is 37.3. The van der Waals surface area contributed by atoms with Gasteiger partial charge in [0.05, 0.1) is 16.3 Å². The molecule has 52 heavy (non-hydrogen) atoms. The Hall–Kier alpha value is -4.21. The summed E-state index contributed by atoms with van der Waals surface area (Å²) in [4.78, 5) is 61.0. The molecule has 1 N–H and O–H groups in total. The SMILES string of the molecule is CCCCC1=CC2=C(c3c(Cl)ccc(Cl)c3C(=O)O)c3cc4c(cc3C(C)(C)C2=C/C1=N\CCCCCC(=O)ON1C(=O)CCC1=O)N(C)CCC4. The number of imide groups is 1. The number of amides is 2. The number of hydrogen-bond acceptors (Lipinski definition) is 7. The number of aryl methyl sites for hydroxylation is 1. The number of nitrogens with zero attached hydrogens (tertiary/aromatic N) is 3. The molecular weight excluding hydrogens is 701 g/mol. The van der Waals surface area contributed by atoms with Crippen molar-refractivity contribution in [3.8, 4) is 0 Å². The van der Waals surface area contributed by atoms with Crippen LogP contribution in [-0.2, 0) is 31.1 Å². The Balaban J connectivity index is 1.38. The monoisotopic (exact) mass is 745 g/mol. The number of carboxylic acids is 1. The van der Waals surface area contributed by atoms with Crippen LogP contribution in [0.25, 0.3) is 5.57 Å². The second-order valence-electron chi connectivity index (χ2n) is 14.5. The van der Waals surface area contributed by atoms with Gasteiger partial charge in [-0.1, -0.05) is 56.8 Å². The van der Waals surface area contributed by atoms with Crippen LogP contribution in [0, 0.1) is 0 Å². The van der Waals surface area contributed by atoms with Crippen molar-refractivity contribution in [1.82, 2.24) is 5.06 Å². The fraction of sp³-hybridized carbons (Fsp3) is 0.439. The topological polar surface area (TPSA) is 117 Å². The average Bonchev–Trinajstić information content (AvgIpc) is 3.42. The van der Waals surface area contributed by atoms with Gasteiger partial charge in [-0.15, -0.1) is 5.06 Å². The van der Waals surface area contributed by atoms with Crippen LogP contribution in [0.2, 0.25) is 10.0 Å². The van der Waals surface area contributed by atoms with E-state index < -0.39 is 29.2 Å². The van der Waals surface area contributed by atoms with E-state index >= 15 is 0 Å². The minimum absolute atomic E-state index is 0.0120. The number of aromatic carboxylic acids is 1. The molecule has 274 valence electrons. The predicted octanol–water partition coefficient (Wildman–Crippen LogP) is 8.83. The molecule has 0 bridgehead atoms. The fourth-order valence-corrected chi connectivity index (χ4v) is 8.23. The van der Waals surface area contributed by atoms with E-state index in [0.717, 1.165) is 90.6 Å². The Morgan fingerprint density at radius 3 is 2.42 bits per heavy atom. The van der Waals surface area contributed by atoms with Crippen LogP contribution in [0.3, 0.4) is 0 Å². The third-order valence-electron chi connectivity index (χ3n) is 10.6. The second kappa shape index (κ2) is 15.4. The highest BCUT2D eigenvalue weighted by atomic mass is 35.5. The van der Waals surface area contributed by atoms with Gasteiger partial charge in [0.1, 0.15) is 0 Å². The molecular formula is C41H45Cl2N3O6. The summed E-state index contributed by atoms with van der Waals surface area (Å²) >= 11 is 13.6. The summed E-state index contributed by atoms with van der Waals surface area (Å²) in [7, 11) is 2.12. The maximum absolute atomic E-state index is 12.8. The van der Waals surface area contributed by atoms with E-state index in [1.54, 1.807) is 12.1 Å². The largest absolute Gasteiger partial charge is 0.478 e. The van der Waals surface area contributed by atoms with Crippen LogP contribution in [0.4, 0.5) is 5.69 Å². The number of anilines is 1. The van der Waals surface area contributed by atoms with Crippen LogP contribution < -0.4 is 4.90 Å². The van der Waals surface area contributed by atoms with E-state index in [2.05, 4.69) is 57.0 Å². The third-order valence-corrected chi connectivity index (χ3v) is 11.2. The molecule has 0 atom stereocenters. The van der Waals surface area contributed by atoms with Gasteiger partial charge in [0.15, 0.2) is 0 Å². The van der Waals surface area contributed by atoms with E-state index in [1.165, 1.54) is 11.3 Å². The number of fused-ring (bicyclic) bond motifs is 3. The lowest BCUT2D eigenvalue weighted by Crippen LogP contribution is -2.32. The summed E-state index contributed by atoms with van der Waals surface area (Å²) in [6, 6.07) is 7.73. The van der Waals surface area contributed by atoms with Gasteiger partial charge in [-0.25, -0.2) is 9.59 Å². The van der Waals surface area contributed by atoms with Crippen LogP contribution in [-0.4, -0.2) is 59.8 Å². The highest BCUT2D eigenvalue weighted by molar-refractivity contribution is 6.37. The number of hydrogen-bond donors (Lipinski definition) is 1. The quantitative estimate of drug-likeness (QED) is 0.170. The molecule has 2 aliphatic carbocycles. The lowest BCUT2D eigenvalue weighted by atomic mass is 9.63. The number of hydroxylamine groups is 2. The van der Waals surface area contributed by atoms with Gasteiger partial charge < -0.3 is 14.8 Å². The van der Waals surface area contributed by atoms with E-state index in [0.29, 0.717) is 28.6 Å². The number of carbonyl (C=O) groups is 4. The molecule has 0 unspecified atom stereocenters. The molecule has 1 saturated heterocycles. The van der Waals surface area contributed by atoms with E-state index in [9.17, 15) is 24.3 Å². The maximum Gasteiger partial charge on any atom is 0.337 e. The van der Waals surface area contributed by atoms with Crippen LogP contribution in [0.5, 0.6) is 0 Å². The third kappa shape index (κ3) is 7.22.